The molecule has 1 atom stereocenters. The van der Waals surface area contributed by atoms with Crippen LogP contribution in [0.25, 0.3) is 0 Å². The maximum Gasteiger partial charge on any atom is 0.220 e. The lowest BCUT2D eigenvalue weighted by Crippen LogP contribution is -2.43. The Morgan fingerprint density at radius 3 is 2.53 bits per heavy atom. The lowest BCUT2D eigenvalue weighted by atomic mass is 10.0. The molecule has 4 nitrogen and oxygen atoms in total. The van der Waals surface area contributed by atoms with E-state index in [0.717, 1.165) is 38.9 Å². The zero-order chi connectivity index (χ0) is 12.1. The van der Waals surface area contributed by atoms with Crippen LogP contribution in [0.4, 0.5) is 0 Å². The minimum atomic E-state index is 0. The van der Waals surface area contributed by atoms with Crippen molar-refractivity contribution in [1.29, 1.82) is 0 Å². The molecule has 2 saturated heterocycles. The molecule has 19 heavy (non-hydrogen) atoms. The molecule has 6 heteroatoms. The number of piperidine rings is 1. The van der Waals surface area contributed by atoms with Crippen molar-refractivity contribution in [3.05, 3.63) is 0 Å². The number of halogens is 2. The van der Waals surface area contributed by atoms with Gasteiger partial charge in [-0.25, -0.2) is 0 Å². The smallest absolute Gasteiger partial charge is 0.220 e. The quantitative estimate of drug-likeness (QED) is 0.828. The molecule has 2 aliphatic rings. The first kappa shape index (κ1) is 19.0. The maximum atomic E-state index is 11.8. The minimum Gasteiger partial charge on any atom is -0.353 e. The van der Waals surface area contributed by atoms with E-state index in [1.165, 1.54) is 12.8 Å². The largest absolute Gasteiger partial charge is 0.353 e. The molecule has 0 aromatic carbocycles. The van der Waals surface area contributed by atoms with Gasteiger partial charge in [0, 0.05) is 18.5 Å². The zero-order valence-electron chi connectivity index (χ0n) is 11.7. The van der Waals surface area contributed by atoms with E-state index in [9.17, 15) is 4.79 Å². The molecule has 0 aliphatic carbocycles. The van der Waals surface area contributed by atoms with E-state index in [1.54, 1.807) is 0 Å². The average Bonchev–Trinajstić information content (AvgIpc) is 2.83. The van der Waals surface area contributed by atoms with Crippen molar-refractivity contribution < 1.29 is 4.79 Å². The number of carbonyl (C=O) groups is 1. The molecule has 1 unspecified atom stereocenters. The molecular weight excluding hydrogens is 285 g/mol. The summed E-state index contributed by atoms with van der Waals surface area (Å²) in [5.41, 5.74) is 0. The van der Waals surface area contributed by atoms with Crippen molar-refractivity contribution in [2.75, 3.05) is 26.7 Å². The number of nitrogens with zero attached hydrogens (tertiary/aromatic N) is 1. The van der Waals surface area contributed by atoms with Crippen molar-refractivity contribution in [2.24, 2.45) is 0 Å². The summed E-state index contributed by atoms with van der Waals surface area (Å²) in [5.74, 6) is 0.244. The van der Waals surface area contributed by atoms with Gasteiger partial charge in [0.05, 0.1) is 0 Å². The second kappa shape index (κ2) is 9.81. The highest BCUT2D eigenvalue weighted by molar-refractivity contribution is 5.85. The summed E-state index contributed by atoms with van der Waals surface area (Å²) >= 11 is 0. The van der Waals surface area contributed by atoms with Crippen molar-refractivity contribution in [2.45, 2.75) is 50.6 Å². The van der Waals surface area contributed by atoms with Crippen LogP contribution in [0.3, 0.4) is 0 Å². The Balaban J connectivity index is 0.00000162. The van der Waals surface area contributed by atoms with E-state index in [-0.39, 0.29) is 30.7 Å². The first-order valence-electron chi connectivity index (χ1n) is 6.95. The number of carbonyl (C=O) groups excluding carboxylic acids is 1. The summed E-state index contributed by atoms with van der Waals surface area (Å²) in [6.45, 7) is 3.34. The fourth-order valence-corrected chi connectivity index (χ4v) is 2.76. The van der Waals surface area contributed by atoms with Crippen molar-refractivity contribution in [3.63, 3.8) is 0 Å². The summed E-state index contributed by atoms with van der Waals surface area (Å²) < 4.78 is 0. The second-order valence-electron chi connectivity index (χ2n) is 5.48. The number of likely N-dealkylation sites (tertiary alicyclic amines) is 1. The first-order valence-corrected chi connectivity index (χ1v) is 6.95. The van der Waals surface area contributed by atoms with Gasteiger partial charge in [0.25, 0.3) is 0 Å². The number of rotatable bonds is 4. The second-order valence-corrected chi connectivity index (χ2v) is 5.48. The Bertz CT molecular complexity index is 252. The highest BCUT2D eigenvalue weighted by Crippen LogP contribution is 2.12. The lowest BCUT2D eigenvalue weighted by molar-refractivity contribution is -0.122. The van der Waals surface area contributed by atoms with Crippen LogP contribution in [-0.4, -0.2) is 49.6 Å². The van der Waals surface area contributed by atoms with Gasteiger partial charge in [0.2, 0.25) is 5.91 Å². The molecule has 0 spiro atoms. The third kappa shape index (κ3) is 6.80. The van der Waals surface area contributed by atoms with Crippen LogP contribution in [-0.2, 0) is 4.79 Å². The predicted molar refractivity (Wildman–Crippen MR) is 83.4 cm³/mol. The van der Waals surface area contributed by atoms with Crippen LogP contribution in [0.2, 0.25) is 0 Å². The van der Waals surface area contributed by atoms with Crippen molar-refractivity contribution >= 4 is 30.7 Å². The Morgan fingerprint density at radius 1 is 1.26 bits per heavy atom. The molecule has 0 saturated carbocycles. The molecule has 2 rings (SSSR count). The van der Waals surface area contributed by atoms with Gasteiger partial charge in [-0.1, -0.05) is 0 Å². The van der Waals surface area contributed by atoms with Gasteiger partial charge in [-0.3, -0.25) is 4.79 Å². The molecule has 1 amide bonds. The van der Waals surface area contributed by atoms with Crippen LogP contribution >= 0.6 is 24.8 Å². The van der Waals surface area contributed by atoms with E-state index in [0.29, 0.717) is 18.5 Å². The molecule has 2 heterocycles. The van der Waals surface area contributed by atoms with Gasteiger partial charge in [-0.05, 0) is 58.8 Å². The van der Waals surface area contributed by atoms with Crippen LogP contribution in [0.5, 0.6) is 0 Å². The Morgan fingerprint density at radius 2 is 1.95 bits per heavy atom. The minimum absolute atomic E-state index is 0. The molecule has 114 valence electrons. The highest BCUT2D eigenvalue weighted by atomic mass is 35.5. The van der Waals surface area contributed by atoms with Gasteiger partial charge < -0.3 is 15.5 Å². The Labute approximate surface area is 128 Å². The molecular formula is C13H27Cl2N3O. The molecule has 0 bridgehead atoms. The van der Waals surface area contributed by atoms with E-state index in [2.05, 4.69) is 22.6 Å². The number of nitrogens with one attached hydrogen (secondary N) is 2. The first-order chi connectivity index (χ1) is 8.24. The number of hydrogen-bond acceptors (Lipinski definition) is 3. The molecule has 0 aromatic rings. The van der Waals surface area contributed by atoms with E-state index in [1.807, 2.05) is 0 Å². The number of hydrogen-bond donors (Lipinski definition) is 2. The summed E-state index contributed by atoms with van der Waals surface area (Å²) in [7, 11) is 2.14. The molecule has 2 aliphatic heterocycles. The normalized spacial score (nSPS) is 24.4. The predicted octanol–water partition coefficient (Wildman–Crippen LogP) is 1.57. The third-order valence-electron chi connectivity index (χ3n) is 3.97. The molecule has 0 radical (unpaired) electrons. The van der Waals surface area contributed by atoms with Crippen LogP contribution in [0.1, 0.15) is 38.5 Å². The van der Waals surface area contributed by atoms with Gasteiger partial charge in [-0.2, -0.15) is 0 Å². The topological polar surface area (TPSA) is 44.4 Å². The summed E-state index contributed by atoms with van der Waals surface area (Å²) in [4.78, 5) is 14.1. The zero-order valence-corrected chi connectivity index (χ0v) is 13.3. The van der Waals surface area contributed by atoms with E-state index < -0.39 is 0 Å². The van der Waals surface area contributed by atoms with Gasteiger partial charge >= 0.3 is 0 Å². The van der Waals surface area contributed by atoms with E-state index in [4.69, 9.17) is 0 Å². The van der Waals surface area contributed by atoms with Crippen LogP contribution in [0.15, 0.2) is 0 Å². The number of amides is 1. The monoisotopic (exact) mass is 311 g/mol. The summed E-state index contributed by atoms with van der Waals surface area (Å²) in [5, 5.41) is 6.60. The van der Waals surface area contributed by atoms with Crippen LogP contribution in [0, 0.1) is 0 Å². The molecule has 2 N–H and O–H groups in total. The lowest BCUT2D eigenvalue weighted by Gasteiger charge is -2.29. The Hall–Kier alpha value is -0.0300. The van der Waals surface area contributed by atoms with Crippen LogP contribution < -0.4 is 10.6 Å². The standard InChI is InChI=1S/C13H25N3O.2ClH/c1-16-9-6-12(7-10-16)15-13(17)5-4-11-3-2-8-14-11;;/h11-12,14H,2-10H2,1H3,(H,15,17);2*1H. The molecule has 0 aromatic heterocycles. The maximum absolute atomic E-state index is 11.8. The average molecular weight is 312 g/mol. The SMILES string of the molecule is CN1CCC(NC(=O)CCC2CCCN2)CC1.Cl.Cl. The van der Waals surface area contributed by atoms with Crippen molar-refractivity contribution in [1.82, 2.24) is 15.5 Å². The summed E-state index contributed by atoms with van der Waals surface area (Å²) in [6, 6.07) is 0.994. The van der Waals surface area contributed by atoms with Gasteiger partial charge in [-0.15, -0.1) is 24.8 Å². The van der Waals surface area contributed by atoms with E-state index >= 15 is 0 Å². The Kier molecular flexibility index (Phi) is 9.79. The van der Waals surface area contributed by atoms with Gasteiger partial charge in [0.15, 0.2) is 0 Å². The summed E-state index contributed by atoms with van der Waals surface area (Å²) in [6.07, 6.45) is 6.39. The molecule has 2 fully saturated rings. The third-order valence-corrected chi connectivity index (χ3v) is 3.97. The fourth-order valence-electron chi connectivity index (χ4n) is 2.76. The highest BCUT2D eigenvalue weighted by Gasteiger charge is 2.19. The van der Waals surface area contributed by atoms with Gasteiger partial charge in [0.1, 0.15) is 0 Å². The van der Waals surface area contributed by atoms with Crippen molar-refractivity contribution in [3.8, 4) is 0 Å². The fraction of sp³-hybridized carbons (Fsp3) is 0.923.